The zero-order chi connectivity index (χ0) is 11.6. The van der Waals surface area contributed by atoms with E-state index in [9.17, 15) is 4.39 Å². The van der Waals surface area contributed by atoms with Gasteiger partial charge < -0.3 is 5.11 Å². The van der Waals surface area contributed by atoms with Crippen molar-refractivity contribution in [2.75, 3.05) is 6.61 Å². The van der Waals surface area contributed by atoms with Crippen LogP contribution in [0.1, 0.15) is 23.6 Å². The molecule has 0 heterocycles. The summed E-state index contributed by atoms with van der Waals surface area (Å²) in [6.07, 6.45) is 0. The Bertz CT molecular complexity index is 410. The maximum atomic E-state index is 13.8. The van der Waals surface area contributed by atoms with E-state index >= 15 is 0 Å². The molecule has 1 aromatic carbocycles. The Kier molecular flexibility index (Phi) is 3.89. The topological polar surface area (TPSA) is 20.2 Å². The summed E-state index contributed by atoms with van der Waals surface area (Å²) < 4.78 is 13.8. The van der Waals surface area contributed by atoms with Gasteiger partial charge in [-0.2, -0.15) is 0 Å². The van der Waals surface area contributed by atoms with Crippen LogP contribution in [0.15, 0.2) is 17.7 Å². The first-order chi connectivity index (χ1) is 6.99. The van der Waals surface area contributed by atoms with Crippen LogP contribution in [0.25, 0.3) is 5.03 Å². The van der Waals surface area contributed by atoms with E-state index in [1.165, 1.54) is 0 Å². The molecule has 0 aliphatic rings. The molecule has 0 unspecified atom stereocenters. The quantitative estimate of drug-likeness (QED) is 0.823. The zero-order valence-corrected chi connectivity index (χ0v) is 9.82. The minimum Gasteiger partial charge on any atom is -0.392 e. The predicted molar refractivity (Wildman–Crippen MR) is 61.4 cm³/mol. The average Bonchev–Trinajstić information content (AvgIpc) is 2.24. The van der Waals surface area contributed by atoms with E-state index in [1.54, 1.807) is 19.9 Å². The van der Waals surface area contributed by atoms with Crippen molar-refractivity contribution in [1.82, 2.24) is 0 Å². The van der Waals surface area contributed by atoms with Crippen LogP contribution in [-0.2, 0) is 0 Å². The van der Waals surface area contributed by atoms with Crippen LogP contribution in [0.2, 0.25) is 0 Å². The fraction of sp³-hybridized carbons (Fsp3) is 0.333. The lowest BCUT2D eigenvalue weighted by atomic mass is 10.0. The first kappa shape index (κ1) is 12.2. The van der Waals surface area contributed by atoms with E-state index < -0.39 is 0 Å². The Morgan fingerprint density at radius 1 is 1.40 bits per heavy atom. The number of rotatable bonds is 2. The third-order valence-corrected chi connectivity index (χ3v) is 3.03. The van der Waals surface area contributed by atoms with E-state index in [-0.39, 0.29) is 17.5 Å². The summed E-state index contributed by atoms with van der Waals surface area (Å²) in [6, 6.07) is 3.46. The summed E-state index contributed by atoms with van der Waals surface area (Å²) in [5, 5.41) is 9.21. The molecule has 15 heavy (non-hydrogen) atoms. The minimum absolute atomic E-state index is 0.162. The maximum Gasteiger partial charge on any atom is 0.135 e. The largest absolute Gasteiger partial charge is 0.392 e. The molecule has 0 bridgehead atoms. The molecule has 0 saturated carbocycles. The van der Waals surface area contributed by atoms with Crippen molar-refractivity contribution in [2.45, 2.75) is 20.8 Å². The van der Waals surface area contributed by atoms with E-state index in [0.717, 1.165) is 5.56 Å². The Morgan fingerprint density at radius 3 is 2.53 bits per heavy atom. The number of aliphatic hydroxyl groups excluding tert-OH is 1. The summed E-state index contributed by atoms with van der Waals surface area (Å²) in [7, 11) is 0. The van der Waals surface area contributed by atoms with Crippen LogP contribution < -0.4 is 0 Å². The van der Waals surface area contributed by atoms with E-state index in [1.807, 2.05) is 13.0 Å². The van der Waals surface area contributed by atoms with Crippen molar-refractivity contribution in [1.29, 1.82) is 0 Å². The average molecular weight is 229 g/mol. The molecule has 82 valence electrons. The van der Waals surface area contributed by atoms with Crippen LogP contribution in [0.5, 0.6) is 0 Å². The third-order valence-electron chi connectivity index (χ3n) is 2.51. The van der Waals surface area contributed by atoms with Crippen LogP contribution in [0, 0.1) is 19.7 Å². The second kappa shape index (κ2) is 4.77. The molecule has 0 fully saturated rings. The summed E-state index contributed by atoms with van der Waals surface area (Å²) in [5.41, 5.74) is 2.41. The van der Waals surface area contributed by atoms with E-state index in [0.29, 0.717) is 16.7 Å². The number of benzene rings is 1. The Hall–Kier alpha value is -0.860. The molecule has 0 aliphatic carbocycles. The van der Waals surface area contributed by atoms with Gasteiger partial charge in [-0.15, -0.1) is 0 Å². The van der Waals surface area contributed by atoms with Crippen LogP contribution in [0.4, 0.5) is 4.39 Å². The molecule has 3 heteroatoms. The van der Waals surface area contributed by atoms with Crippen molar-refractivity contribution in [3.05, 3.63) is 40.2 Å². The van der Waals surface area contributed by atoms with Crippen LogP contribution in [-0.4, -0.2) is 11.7 Å². The predicted octanol–water partition coefficient (Wildman–Crippen LogP) is 3.40. The second-order valence-corrected chi connectivity index (χ2v) is 4.00. The molecule has 0 amide bonds. The molecular formula is C12H14ClFO. The van der Waals surface area contributed by atoms with Gasteiger partial charge in [0.2, 0.25) is 0 Å². The molecule has 1 aromatic rings. The Labute approximate surface area is 94.2 Å². The third kappa shape index (κ3) is 2.39. The normalized spacial score (nSPS) is 12.7. The van der Waals surface area contributed by atoms with Crippen molar-refractivity contribution >= 4 is 16.6 Å². The van der Waals surface area contributed by atoms with Gasteiger partial charge >= 0.3 is 0 Å². The fourth-order valence-corrected chi connectivity index (χ4v) is 1.46. The summed E-state index contributed by atoms with van der Waals surface area (Å²) in [4.78, 5) is 0. The highest BCUT2D eigenvalue weighted by atomic mass is 35.5. The molecule has 0 radical (unpaired) electrons. The van der Waals surface area contributed by atoms with Gasteiger partial charge in [-0.1, -0.05) is 23.7 Å². The summed E-state index contributed by atoms with van der Waals surface area (Å²) in [5.74, 6) is -0.312. The number of aryl methyl sites for hydroxylation is 1. The molecular weight excluding hydrogens is 215 g/mol. The number of hydrogen-bond donors (Lipinski definition) is 1. The minimum atomic E-state index is -0.312. The summed E-state index contributed by atoms with van der Waals surface area (Å²) in [6.45, 7) is 5.08. The molecule has 1 nitrogen and oxygen atoms in total. The Morgan fingerprint density at radius 2 is 2.00 bits per heavy atom. The fourth-order valence-electron chi connectivity index (χ4n) is 1.25. The van der Waals surface area contributed by atoms with Crippen molar-refractivity contribution in [3.8, 4) is 0 Å². The lowest BCUT2D eigenvalue weighted by Gasteiger charge is -2.09. The maximum absolute atomic E-state index is 13.8. The highest BCUT2D eigenvalue weighted by Crippen LogP contribution is 2.28. The van der Waals surface area contributed by atoms with Crippen molar-refractivity contribution < 1.29 is 9.50 Å². The van der Waals surface area contributed by atoms with Gasteiger partial charge in [-0.05, 0) is 37.5 Å². The van der Waals surface area contributed by atoms with Crippen LogP contribution >= 0.6 is 11.6 Å². The lowest BCUT2D eigenvalue weighted by Crippen LogP contribution is -1.96. The van der Waals surface area contributed by atoms with Crippen LogP contribution in [0.3, 0.4) is 0 Å². The summed E-state index contributed by atoms with van der Waals surface area (Å²) >= 11 is 5.97. The SMILES string of the molecule is C/C(CO)=C(\Cl)c1ccc(C)c(C)c1F. The van der Waals surface area contributed by atoms with Gasteiger partial charge in [0.1, 0.15) is 5.82 Å². The molecule has 0 aromatic heterocycles. The molecule has 0 spiro atoms. The van der Waals surface area contributed by atoms with E-state index in [2.05, 4.69) is 0 Å². The Balaban J connectivity index is 3.35. The van der Waals surface area contributed by atoms with Gasteiger partial charge in [0.25, 0.3) is 0 Å². The highest BCUT2D eigenvalue weighted by Gasteiger charge is 2.11. The molecule has 1 rings (SSSR count). The molecule has 0 aliphatic heterocycles. The van der Waals surface area contributed by atoms with E-state index in [4.69, 9.17) is 16.7 Å². The number of halogens is 2. The van der Waals surface area contributed by atoms with Gasteiger partial charge in [-0.3, -0.25) is 0 Å². The second-order valence-electron chi connectivity index (χ2n) is 3.62. The smallest absolute Gasteiger partial charge is 0.135 e. The zero-order valence-electron chi connectivity index (χ0n) is 9.06. The monoisotopic (exact) mass is 228 g/mol. The van der Waals surface area contributed by atoms with Gasteiger partial charge in [0.05, 0.1) is 11.6 Å². The van der Waals surface area contributed by atoms with Crippen molar-refractivity contribution in [3.63, 3.8) is 0 Å². The number of hydrogen-bond acceptors (Lipinski definition) is 1. The molecule has 1 N–H and O–H groups in total. The first-order valence-corrected chi connectivity index (χ1v) is 5.09. The molecule has 0 saturated heterocycles. The lowest BCUT2D eigenvalue weighted by molar-refractivity contribution is 0.332. The first-order valence-electron chi connectivity index (χ1n) is 4.71. The highest BCUT2D eigenvalue weighted by molar-refractivity contribution is 6.49. The van der Waals surface area contributed by atoms with Gasteiger partial charge in [0.15, 0.2) is 0 Å². The van der Waals surface area contributed by atoms with Crippen molar-refractivity contribution in [2.24, 2.45) is 0 Å². The van der Waals surface area contributed by atoms with Gasteiger partial charge in [0, 0.05) is 5.56 Å². The van der Waals surface area contributed by atoms with Gasteiger partial charge in [-0.25, -0.2) is 4.39 Å². The molecule has 0 atom stereocenters. The standard InChI is InChI=1S/C12H14ClFO/c1-7-4-5-10(12(14)9(7)3)11(13)8(2)6-15/h4-5,15H,6H2,1-3H3/b11-8+. The number of aliphatic hydroxyl groups is 1.